The van der Waals surface area contributed by atoms with E-state index in [1.165, 1.54) is 66.1 Å². The van der Waals surface area contributed by atoms with Gasteiger partial charge >= 0.3 is 0 Å². The fraction of sp³-hybridized carbons (Fsp3) is 0.124. The van der Waals surface area contributed by atoms with Crippen LogP contribution in [0, 0.1) is 0 Å². The Morgan fingerprint density at radius 2 is 0.777 bits per heavy atom. The third kappa shape index (κ3) is 8.46. The SMILES string of the molecule is CC1=CC2=C(NC1)C1(c3ccccc32)c2cc(N(c3ccc(-c4ccc5ccccc5c4)cc3)c3ccc(C(C)(C)C)cc3)c3c(oc4ccccc43)c2-c2c1cc(N(c1ccc(-c3ccc4ccccc4c3)cc1)c1ccc(C(C)(C)C)cc1)c1c2oc2ccccc21. The van der Waals surface area contributed by atoms with E-state index in [1.54, 1.807) is 0 Å². The Morgan fingerprint density at radius 1 is 0.383 bits per heavy atom. The van der Waals surface area contributed by atoms with E-state index in [2.05, 4.69) is 337 Å². The average molecular weight is 1210 g/mol. The smallest absolute Gasteiger partial charge is 0.145 e. The van der Waals surface area contributed by atoms with E-state index < -0.39 is 5.41 Å². The predicted octanol–water partition coefficient (Wildman–Crippen LogP) is 24.2. The molecule has 0 atom stereocenters. The van der Waals surface area contributed by atoms with Gasteiger partial charge in [-0.15, -0.1) is 0 Å². The molecule has 15 aromatic rings. The molecule has 2 aromatic heterocycles. The molecule has 13 aromatic carbocycles. The summed E-state index contributed by atoms with van der Waals surface area (Å²) in [5, 5.41) is 13.2. The van der Waals surface area contributed by atoms with Crippen molar-refractivity contribution in [3.8, 4) is 33.4 Å². The summed E-state index contributed by atoms with van der Waals surface area (Å²) < 4.78 is 15.3. The molecule has 94 heavy (non-hydrogen) atoms. The zero-order valence-electron chi connectivity index (χ0n) is 53.9. The van der Waals surface area contributed by atoms with E-state index in [-0.39, 0.29) is 10.8 Å². The van der Waals surface area contributed by atoms with E-state index >= 15 is 0 Å². The van der Waals surface area contributed by atoms with Crippen molar-refractivity contribution in [3.63, 3.8) is 0 Å². The molecule has 5 heteroatoms. The number of nitrogens with zero attached hydrogens (tertiary/aromatic N) is 2. The maximum absolute atomic E-state index is 7.66. The number of fused-ring (bicyclic) bond motifs is 19. The van der Waals surface area contributed by atoms with Gasteiger partial charge in [0.2, 0.25) is 0 Å². The van der Waals surface area contributed by atoms with Crippen LogP contribution >= 0.6 is 0 Å². The van der Waals surface area contributed by atoms with Gasteiger partial charge in [-0.2, -0.15) is 0 Å². The van der Waals surface area contributed by atoms with Crippen molar-refractivity contribution in [3.05, 3.63) is 318 Å². The number of allylic oxidation sites excluding steroid dienone is 3. The Bertz CT molecular complexity index is 5380. The lowest BCUT2D eigenvalue weighted by atomic mass is 9.71. The van der Waals surface area contributed by atoms with Crippen LogP contribution in [-0.2, 0) is 16.2 Å². The maximum atomic E-state index is 7.66. The Hall–Kier alpha value is -11.1. The summed E-state index contributed by atoms with van der Waals surface area (Å²) >= 11 is 0. The van der Waals surface area contributed by atoms with Crippen LogP contribution < -0.4 is 15.1 Å². The number of nitrogens with one attached hydrogen (secondary N) is 1. The summed E-state index contributed by atoms with van der Waals surface area (Å²) in [6.07, 6.45) is 2.43. The van der Waals surface area contributed by atoms with E-state index in [0.717, 1.165) is 117 Å². The zero-order valence-corrected chi connectivity index (χ0v) is 53.9. The Morgan fingerprint density at radius 3 is 1.23 bits per heavy atom. The Kier molecular flexibility index (Phi) is 12.3. The lowest BCUT2D eigenvalue weighted by molar-refractivity contribution is 0.590. The second-order valence-electron chi connectivity index (χ2n) is 28.2. The van der Waals surface area contributed by atoms with Gasteiger partial charge in [-0.3, -0.25) is 0 Å². The molecule has 452 valence electrons. The van der Waals surface area contributed by atoms with Crippen LogP contribution in [0.25, 0.3) is 104 Å². The minimum Gasteiger partial charge on any atom is -0.455 e. The minimum absolute atomic E-state index is 0.0562. The molecule has 1 aliphatic heterocycles. The molecule has 1 spiro atoms. The summed E-state index contributed by atoms with van der Waals surface area (Å²) in [6, 6.07) is 99.1. The molecule has 0 bridgehead atoms. The van der Waals surface area contributed by atoms with Gasteiger partial charge in [-0.25, -0.2) is 0 Å². The third-order valence-electron chi connectivity index (χ3n) is 20.4. The standard InChI is InChI=1S/C89H69N3O2/c1-54-48-72-69-22-12-15-25-73(69)89(86(72)90-53-54)74-51-76(91(67-44-36-63(37-45-67)87(2,3)4)65-40-32-57(33-41-65)61-30-28-55-18-8-10-20-59(55)49-61)80-70-23-13-16-26-78(70)93-84(80)82(74)83-75(89)52-77(81-71-24-14-17-27-79(71)94-85(81)83)92(68-46-38-64(39-47-68)88(5,6)7)66-42-34-58(35-43-66)62-31-29-56-19-9-11-21-60(56)50-62/h8-52,90H,53H2,1-7H3. The van der Waals surface area contributed by atoms with Gasteiger partial charge in [0.25, 0.3) is 0 Å². The normalized spacial score (nSPS) is 14.1. The van der Waals surface area contributed by atoms with Crippen molar-refractivity contribution >= 4 is 105 Å². The van der Waals surface area contributed by atoms with Crippen LogP contribution in [0.1, 0.15) is 81.8 Å². The first-order valence-electron chi connectivity index (χ1n) is 33.0. The van der Waals surface area contributed by atoms with Crippen LogP contribution in [0.5, 0.6) is 0 Å². The fourth-order valence-electron chi connectivity index (χ4n) is 15.7. The molecule has 0 unspecified atom stereocenters. The first-order valence-corrected chi connectivity index (χ1v) is 33.0. The lowest BCUT2D eigenvalue weighted by Crippen LogP contribution is -2.36. The van der Waals surface area contributed by atoms with Crippen LogP contribution in [0.2, 0.25) is 0 Å². The van der Waals surface area contributed by atoms with Gasteiger partial charge in [0.15, 0.2) is 0 Å². The minimum atomic E-state index is -0.902. The number of rotatable bonds is 8. The van der Waals surface area contributed by atoms with Crippen molar-refractivity contribution in [1.82, 2.24) is 5.32 Å². The number of furan rings is 2. The quantitative estimate of drug-likeness (QED) is 0.164. The van der Waals surface area contributed by atoms with Gasteiger partial charge in [0.1, 0.15) is 22.3 Å². The molecule has 1 N–H and O–H groups in total. The number of para-hydroxylation sites is 2. The molecule has 0 amide bonds. The highest BCUT2D eigenvalue weighted by atomic mass is 16.3. The molecule has 5 nitrogen and oxygen atoms in total. The summed E-state index contributed by atoms with van der Waals surface area (Å²) in [5.41, 5.74) is 26.0. The number of benzene rings is 13. The van der Waals surface area contributed by atoms with E-state index in [9.17, 15) is 0 Å². The van der Waals surface area contributed by atoms with Gasteiger partial charge in [-0.05, 0) is 180 Å². The second-order valence-corrected chi connectivity index (χ2v) is 28.2. The first-order chi connectivity index (χ1) is 45.8. The molecular weight excluding hydrogens is 1140 g/mol. The Balaban J connectivity index is 0.948. The number of anilines is 6. The van der Waals surface area contributed by atoms with E-state index in [1.807, 2.05) is 0 Å². The molecule has 18 rings (SSSR count). The van der Waals surface area contributed by atoms with Crippen molar-refractivity contribution in [1.29, 1.82) is 0 Å². The monoisotopic (exact) mass is 1210 g/mol. The maximum Gasteiger partial charge on any atom is 0.145 e. The highest BCUT2D eigenvalue weighted by Gasteiger charge is 2.56. The van der Waals surface area contributed by atoms with Gasteiger partial charge in [0, 0.05) is 62.5 Å². The van der Waals surface area contributed by atoms with Crippen molar-refractivity contribution in [2.45, 2.75) is 64.7 Å². The molecular formula is C89H69N3O2. The fourth-order valence-corrected chi connectivity index (χ4v) is 15.7. The predicted molar refractivity (Wildman–Crippen MR) is 394 cm³/mol. The molecule has 0 saturated carbocycles. The molecule has 2 aliphatic carbocycles. The van der Waals surface area contributed by atoms with Crippen molar-refractivity contribution in [2.75, 3.05) is 16.3 Å². The van der Waals surface area contributed by atoms with Gasteiger partial charge in [0.05, 0.1) is 27.6 Å². The topological polar surface area (TPSA) is 44.8 Å². The third-order valence-corrected chi connectivity index (χ3v) is 20.4. The highest BCUT2D eigenvalue weighted by Crippen LogP contribution is 2.67. The van der Waals surface area contributed by atoms with Crippen LogP contribution in [0.15, 0.2) is 293 Å². The summed E-state index contributed by atoms with van der Waals surface area (Å²) in [6.45, 7) is 16.7. The summed E-state index contributed by atoms with van der Waals surface area (Å²) in [5.74, 6) is 0. The Labute approximate surface area is 548 Å². The summed E-state index contributed by atoms with van der Waals surface area (Å²) in [7, 11) is 0. The first kappa shape index (κ1) is 55.7. The molecule has 0 fully saturated rings. The molecule has 0 saturated heterocycles. The van der Waals surface area contributed by atoms with Crippen molar-refractivity contribution < 1.29 is 8.83 Å². The van der Waals surface area contributed by atoms with Crippen molar-refractivity contribution in [2.24, 2.45) is 0 Å². The van der Waals surface area contributed by atoms with Gasteiger partial charge in [-0.1, -0.05) is 235 Å². The lowest BCUT2D eigenvalue weighted by Gasteiger charge is -2.36. The largest absolute Gasteiger partial charge is 0.455 e. The molecule has 3 aliphatic rings. The average Bonchev–Trinajstić information content (AvgIpc) is 1.49. The number of hydrogen-bond acceptors (Lipinski definition) is 5. The van der Waals surface area contributed by atoms with Crippen LogP contribution in [0.3, 0.4) is 0 Å². The number of hydrogen-bond donors (Lipinski definition) is 1. The highest BCUT2D eigenvalue weighted by molar-refractivity contribution is 6.25. The summed E-state index contributed by atoms with van der Waals surface area (Å²) in [4.78, 5) is 4.97. The zero-order chi connectivity index (χ0) is 63.4. The molecule has 0 radical (unpaired) electrons. The van der Waals surface area contributed by atoms with Crippen LogP contribution in [0.4, 0.5) is 34.1 Å². The van der Waals surface area contributed by atoms with Gasteiger partial charge < -0.3 is 24.0 Å². The van der Waals surface area contributed by atoms with Crippen LogP contribution in [-0.4, -0.2) is 6.54 Å². The molecule has 3 heterocycles. The second kappa shape index (κ2) is 20.7. The number of dihydropyridines is 1. The van der Waals surface area contributed by atoms with E-state index in [0.29, 0.717) is 6.54 Å². The van der Waals surface area contributed by atoms with E-state index in [4.69, 9.17) is 8.83 Å².